The zero-order valence-electron chi connectivity index (χ0n) is 21.9. The zero-order valence-corrected chi connectivity index (χ0v) is 23.4. The number of urea groups is 1. The highest BCUT2D eigenvalue weighted by Crippen LogP contribution is 2.36. The van der Waals surface area contributed by atoms with Crippen LogP contribution in [0.1, 0.15) is 48.0 Å². The molecule has 1 saturated heterocycles. The molecule has 3 N–H and O–H groups in total. The van der Waals surface area contributed by atoms with E-state index >= 15 is 0 Å². The monoisotopic (exact) mass is 563 g/mol. The minimum absolute atomic E-state index is 0.0694. The molecule has 2 aromatic carbocycles. The Kier molecular flexibility index (Phi) is 10.4. The Morgan fingerprint density at radius 3 is 2.05 bits per heavy atom. The van der Waals surface area contributed by atoms with Crippen molar-refractivity contribution in [2.75, 3.05) is 27.7 Å². The second kappa shape index (κ2) is 13.3. The third-order valence-electron chi connectivity index (χ3n) is 7.13. The number of nitrogens with one attached hydrogen (secondary N) is 1. The molecule has 8 nitrogen and oxygen atoms in total. The molecule has 38 heavy (non-hydrogen) atoms. The van der Waals surface area contributed by atoms with E-state index in [1.165, 1.54) is 4.90 Å². The van der Waals surface area contributed by atoms with Crippen molar-refractivity contribution in [2.24, 2.45) is 5.92 Å². The number of likely N-dealkylation sites (tertiary alicyclic amines) is 1. The van der Waals surface area contributed by atoms with E-state index < -0.39 is 5.97 Å². The largest absolute Gasteiger partial charge is 0.478 e. The number of hydrogen-bond acceptors (Lipinski definition) is 4. The molecule has 10 heteroatoms. The minimum Gasteiger partial charge on any atom is -0.478 e. The smallest absolute Gasteiger partial charge is 0.335 e. The molecule has 0 bridgehead atoms. The van der Waals surface area contributed by atoms with E-state index in [0.717, 1.165) is 55.3 Å². The Morgan fingerprint density at radius 1 is 1.00 bits per heavy atom. The molecule has 2 aliphatic rings. The molecule has 0 spiro atoms. The van der Waals surface area contributed by atoms with Gasteiger partial charge in [0.1, 0.15) is 0 Å². The second-order valence-electron chi connectivity index (χ2n) is 9.93. The highest BCUT2D eigenvalue weighted by atomic mass is 35.5. The fourth-order valence-corrected chi connectivity index (χ4v) is 5.57. The van der Waals surface area contributed by atoms with E-state index in [9.17, 15) is 19.5 Å². The standard InChI is InChI=1S/C24H25Cl2NO4.C4H10N2O/c25-21-12-17(14-1-3-15(4-2-14)24(30)31)13-22(26)20(21)11-16-9-10-27(23(16)29)18-5-7-19(28)8-6-18;1-5-4(7)6(2)3/h1-4,12-13,16,18-19,28H,5-11H2,(H,30,31);1-3H3,(H,5,7)/t16-,18?,19?;/m0./s1. The summed E-state index contributed by atoms with van der Waals surface area (Å²) < 4.78 is 0. The fraction of sp³-hybridized carbons (Fsp3) is 0.464. The summed E-state index contributed by atoms with van der Waals surface area (Å²) in [5.41, 5.74) is 2.61. The van der Waals surface area contributed by atoms with Gasteiger partial charge in [-0.05, 0) is 79.5 Å². The Hall–Kier alpha value is -2.81. The number of benzene rings is 2. The lowest BCUT2D eigenvalue weighted by Gasteiger charge is -2.33. The average molecular weight is 565 g/mol. The number of aliphatic hydroxyl groups is 1. The predicted octanol–water partition coefficient (Wildman–Crippen LogP) is 4.94. The molecule has 1 heterocycles. The van der Waals surface area contributed by atoms with Crippen molar-refractivity contribution in [1.82, 2.24) is 15.1 Å². The van der Waals surface area contributed by atoms with Gasteiger partial charge in [0, 0.05) is 49.7 Å². The Morgan fingerprint density at radius 2 is 1.58 bits per heavy atom. The summed E-state index contributed by atoms with van der Waals surface area (Å²) in [7, 11) is 4.99. The fourth-order valence-electron chi connectivity index (χ4n) is 4.92. The van der Waals surface area contributed by atoms with E-state index in [4.69, 9.17) is 28.3 Å². The SMILES string of the molecule is CNC(=O)N(C)C.O=C(O)c1ccc(-c2cc(Cl)c(C[C@@H]3CCN(C4CCC(O)CC4)C3=O)c(Cl)c2)cc1. The molecule has 1 aliphatic heterocycles. The van der Waals surface area contributed by atoms with Crippen LogP contribution in [0.4, 0.5) is 4.79 Å². The van der Waals surface area contributed by atoms with Crippen molar-refractivity contribution in [2.45, 2.75) is 50.7 Å². The first-order valence-electron chi connectivity index (χ1n) is 12.7. The summed E-state index contributed by atoms with van der Waals surface area (Å²) in [6, 6.07) is 10.3. The molecule has 0 aromatic heterocycles. The Bertz CT molecular complexity index is 1120. The third kappa shape index (κ3) is 7.40. The quantitative estimate of drug-likeness (QED) is 0.477. The number of nitrogens with zero attached hydrogens (tertiary/aromatic N) is 2. The van der Waals surface area contributed by atoms with Crippen molar-refractivity contribution in [1.29, 1.82) is 0 Å². The van der Waals surface area contributed by atoms with Gasteiger partial charge in [0.2, 0.25) is 5.91 Å². The first kappa shape index (κ1) is 29.7. The first-order valence-corrected chi connectivity index (χ1v) is 13.5. The Labute approximate surface area is 233 Å². The minimum atomic E-state index is -0.974. The number of carbonyl (C=O) groups excluding carboxylic acids is 2. The first-order chi connectivity index (χ1) is 18.0. The lowest BCUT2D eigenvalue weighted by Crippen LogP contribution is -2.41. The van der Waals surface area contributed by atoms with Gasteiger partial charge in [-0.1, -0.05) is 35.3 Å². The van der Waals surface area contributed by atoms with Gasteiger partial charge in [-0.15, -0.1) is 0 Å². The molecule has 3 amide bonds. The zero-order chi connectivity index (χ0) is 28.0. The van der Waals surface area contributed by atoms with Crippen LogP contribution >= 0.6 is 23.2 Å². The van der Waals surface area contributed by atoms with E-state index in [1.807, 2.05) is 17.0 Å². The summed E-state index contributed by atoms with van der Waals surface area (Å²) in [5, 5.41) is 22.3. The predicted molar refractivity (Wildman–Crippen MR) is 149 cm³/mol. The number of carbonyl (C=O) groups is 3. The van der Waals surface area contributed by atoms with Crippen molar-refractivity contribution in [3.8, 4) is 11.1 Å². The number of halogens is 2. The lowest BCUT2D eigenvalue weighted by molar-refractivity contribution is -0.133. The van der Waals surface area contributed by atoms with Gasteiger partial charge in [-0.3, -0.25) is 4.79 Å². The van der Waals surface area contributed by atoms with E-state index in [1.54, 1.807) is 45.4 Å². The number of hydrogen-bond donors (Lipinski definition) is 3. The maximum atomic E-state index is 13.0. The number of amides is 3. The van der Waals surface area contributed by atoms with Crippen molar-refractivity contribution >= 4 is 41.1 Å². The highest BCUT2D eigenvalue weighted by Gasteiger charge is 2.37. The molecular formula is C28H35Cl2N3O5. The number of aromatic carboxylic acids is 1. The van der Waals surface area contributed by atoms with Crippen LogP contribution in [0, 0.1) is 5.92 Å². The second-order valence-corrected chi connectivity index (χ2v) is 10.7. The summed E-state index contributed by atoms with van der Waals surface area (Å²) >= 11 is 13.1. The molecule has 1 aliphatic carbocycles. The number of aliphatic hydroxyl groups excluding tert-OH is 1. The molecule has 2 aromatic rings. The van der Waals surface area contributed by atoms with Gasteiger partial charge >= 0.3 is 12.0 Å². The third-order valence-corrected chi connectivity index (χ3v) is 7.81. The van der Waals surface area contributed by atoms with Gasteiger partial charge in [0.05, 0.1) is 11.7 Å². The van der Waals surface area contributed by atoms with Gasteiger partial charge in [0.15, 0.2) is 0 Å². The van der Waals surface area contributed by atoms with Gasteiger partial charge in [0.25, 0.3) is 0 Å². The van der Waals surface area contributed by atoms with Gasteiger partial charge in [-0.2, -0.15) is 0 Å². The number of rotatable bonds is 5. The maximum absolute atomic E-state index is 13.0. The maximum Gasteiger partial charge on any atom is 0.335 e. The average Bonchev–Trinajstić information content (AvgIpc) is 3.26. The number of carboxylic acid groups (broad SMARTS) is 1. The summed E-state index contributed by atoms with van der Waals surface area (Å²) in [6.45, 7) is 0.744. The van der Waals surface area contributed by atoms with E-state index in [-0.39, 0.29) is 35.6 Å². The van der Waals surface area contributed by atoms with Crippen LogP contribution in [0.25, 0.3) is 11.1 Å². The van der Waals surface area contributed by atoms with Crippen molar-refractivity contribution in [3.63, 3.8) is 0 Å². The molecular weight excluding hydrogens is 529 g/mol. The van der Waals surface area contributed by atoms with Crippen LogP contribution in [0.15, 0.2) is 36.4 Å². The number of carboxylic acids is 1. The normalized spacial score (nSPS) is 20.9. The summed E-state index contributed by atoms with van der Waals surface area (Å²) in [6.07, 6.45) is 4.27. The van der Waals surface area contributed by atoms with Gasteiger partial charge < -0.3 is 25.3 Å². The van der Waals surface area contributed by atoms with Crippen molar-refractivity contribution in [3.05, 3.63) is 57.6 Å². The van der Waals surface area contributed by atoms with Crippen molar-refractivity contribution < 1.29 is 24.6 Å². The molecule has 2 fully saturated rings. The van der Waals surface area contributed by atoms with Crippen LogP contribution < -0.4 is 5.32 Å². The van der Waals surface area contributed by atoms with Crippen LogP contribution in [0.2, 0.25) is 10.0 Å². The highest BCUT2D eigenvalue weighted by molar-refractivity contribution is 6.36. The van der Waals surface area contributed by atoms with Crippen LogP contribution in [-0.2, 0) is 11.2 Å². The van der Waals surface area contributed by atoms with Crippen LogP contribution in [-0.4, -0.2) is 77.8 Å². The molecule has 0 radical (unpaired) electrons. The van der Waals surface area contributed by atoms with E-state index in [0.29, 0.717) is 16.5 Å². The molecule has 0 unspecified atom stereocenters. The van der Waals surface area contributed by atoms with Gasteiger partial charge in [-0.25, -0.2) is 9.59 Å². The summed E-state index contributed by atoms with van der Waals surface area (Å²) in [4.78, 5) is 37.8. The molecule has 206 valence electrons. The lowest BCUT2D eigenvalue weighted by atomic mass is 9.92. The van der Waals surface area contributed by atoms with Crippen LogP contribution in [0.3, 0.4) is 0 Å². The summed E-state index contributed by atoms with van der Waals surface area (Å²) in [5.74, 6) is -0.956. The molecule has 1 saturated carbocycles. The molecule has 1 atom stereocenters. The molecule has 4 rings (SSSR count). The van der Waals surface area contributed by atoms with Crippen LogP contribution in [0.5, 0.6) is 0 Å². The Balaban J connectivity index is 0.000000505. The topological polar surface area (TPSA) is 110 Å². The van der Waals surface area contributed by atoms with E-state index in [2.05, 4.69) is 5.32 Å².